The molecule has 1 saturated heterocycles. The minimum Gasteiger partial charge on any atom is -0.347 e. The number of nitrogens with zero attached hydrogens (tertiary/aromatic N) is 4. The SMILES string of the molecule is Cc1cc(=O)n2nc(N3CCCCC3)sc2n1. The van der Waals surface area contributed by atoms with Crippen LogP contribution in [0.4, 0.5) is 5.13 Å². The summed E-state index contributed by atoms with van der Waals surface area (Å²) in [5, 5.41) is 5.28. The van der Waals surface area contributed by atoms with Crippen LogP contribution in [0, 0.1) is 6.92 Å². The average molecular weight is 250 g/mol. The molecule has 1 fully saturated rings. The third-order valence-electron chi connectivity index (χ3n) is 2.99. The predicted octanol–water partition coefficient (Wildman–Crippen LogP) is 1.45. The van der Waals surface area contributed by atoms with Gasteiger partial charge < -0.3 is 4.90 Å². The van der Waals surface area contributed by atoms with Crippen molar-refractivity contribution in [2.24, 2.45) is 0 Å². The number of rotatable bonds is 1. The van der Waals surface area contributed by atoms with Gasteiger partial charge in [0.15, 0.2) is 0 Å². The molecule has 0 radical (unpaired) electrons. The number of aromatic nitrogens is 3. The van der Waals surface area contributed by atoms with Crippen molar-refractivity contribution in [2.45, 2.75) is 26.2 Å². The molecule has 0 spiro atoms. The monoisotopic (exact) mass is 250 g/mol. The van der Waals surface area contributed by atoms with Crippen LogP contribution in [0.2, 0.25) is 0 Å². The molecule has 1 aliphatic heterocycles. The number of hydrogen-bond donors (Lipinski definition) is 0. The Kier molecular flexibility index (Phi) is 2.58. The summed E-state index contributed by atoms with van der Waals surface area (Å²) in [6.07, 6.45) is 3.70. The Morgan fingerprint density at radius 2 is 2.06 bits per heavy atom. The molecule has 17 heavy (non-hydrogen) atoms. The van der Waals surface area contributed by atoms with Crippen LogP contribution in [-0.4, -0.2) is 27.7 Å². The molecule has 5 nitrogen and oxygen atoms in total. The Morgan fingerprint density at radius 1 is 1.29 bits per heavy atom. The molecule has 2 aromatic heterocycles. The maximum atomic E-state index is 11.7. The smallest absolute Gasteiger partial charge is 0.275 e. The predicted molar refractivity (Wildman–Crippen MR) is 67.9 cm³/mol. The highest BCUT2D eigenvalue weighted by Gasteiger charge is 2.16. The van der Waals surface area contributed by atoms with E-state index in [1.807, 2.05) is 6.92 Å². The van der Waals surface area contributed by atoms with Crippen molar-refractivity contribution in [3.8, 4) is 0 Å². The molecule has 6 heteroatoms. The fraction of sp³-hybridized carbons (Fsp3) is 0.545. The zero-order valence-electron chi connectivity index (χ0n) is 9.72. The van der Waals surface area contributed by atoms with Crippen LogP contribution in [0.5, 0.6) is 0 Å². The Bertz CT molecular complexity index is 597. The van der Waals surface area contributed by atoms with Crippen molar-refractivity contribution in [1.82, 2.24) is 14.6 Å². The summed E-state index contributed by atoms with van der Waals surface area (Å²) in [7, 11) is 0. The largest absolute Gasteiger partial charge is 0.347 e. The number of piperidine rings is 1. The number of fused-ring (bicyclic) bond motifs is 1. The second kappa shape index (κ2) is 4.10. The normalized spacial score (nSPS) is 16.6. The molecular weight excluding hydrogens is 236 g/mol. The van der Waals surface area contributed by atoms with Gasteiger partial charge in [0.05, 0.1) is 0 Å². The summed E-state index contributed by atoms with van der Waals surface area (Å²) in [5.41, 5.74) is 0.663. The van der Waals surface area contributed by atoms with Crippen LogP contribution in [0.25, 0.3) is 4.96 Å². The number of anilines is 1. The Labute approximate surface area is 103 Å². The highest BCUT2D eigenvalue weighted by atomic mass is 32.1. The van der Waals surface area contributed by atoms with Crippen LogP contribution >= 0.6 is 11.3 Å². The van der Waals surface area contributed by atoms with Crippen LogP contribution in [0.15, 0.2) is 10.9 Å². The first-order valence-electron chi connectivity index (χ1n) is 5.86. The van der Waals surface area contributed by atoms with Crippen molar-refractivity contribution in [1.29, 1.82) is 0 Å². The standard InChI is InChI=1S/C11H14N4OS/c1-8-7-9(16)15-10(12-8)17-11(13-15)14-5-3-2-4-6-14/h7H,2-6H2,1H3. The van der Waals surface area contributed by atoms with Gasteiger partial charge in [0.2, 0.25) is 10.1 Å². The van der Waals surface area contributed by atoms with Gasteiger partial charge >= 0.3 is 0 Å². The van der Waals surface area contributed by atoms with Gasteiger partial charge in [-0.1, -0.05) is 11.3 Å². The fourth-order valence-electron chi connectivity index (χ4n) is 2.12. The third-order valence-corrected chi connectivity index (χ3v) is 3.96. The molecule has 0 unspecified atom stereocenters. The van der Waals surface area contributed by atoms with Gasteiger partial charge in [0.25, 0.3) is 5.56 Å². The summed E-state index contributed by atoms with van der Waals surface area (Å²) >= 11 is 1.50. The number of aryl methyl sites for hydroxylation is 1. The Hall–Kier alpha value is -1.43. The first-order chi connectivity index (χ1) is 8.24. The molecule has 90 valence electrons. The average Bonchev–Trinajstić information content (AvgIpc) is 2.74. The molecule has 0 amide bonds. The van der Waals surface area contributed by atoms with Crippen molar-refractivity contribution < 1.29 is 0 Å². The molecule has 3 rings (SSSR count). The minimum atomic E-state index is -0.0907. The minimum absolute atomic E-state index is 0.0907. The maximum absolute atomic E-state index is 11.7. The zero-order valence-corrected chi connectivity index (χ0v) is 10.5. The lowest BCUT2D eigenvalue weighted by Gasteiger charge is -2.25. The first-order valence-corrected chi connectivity index (χ1v) is 6.68. The lowest BCUT2D eigenvalue weighted by Crippen LogP contribution is -2.29. The van der Waals surface area contributed by atoms with Gasteiger partial charge in [-0.3, -0.25) is 4.79 Å². The number of hydrogen-bond acceptors (Lipinski definition) is 5. The Morgan fingerprint density at radius 3 is 2.82 bits per heavy atom. The van der Waals surface area contributed by atoms with E-state index in [0.717, 1.165) is 23.9 Å². The lowest BCUT2D eigenvalue weighted by molar-refractivity contribution is 0.574. The van der Waals surface area contributed by atoms with E-state index in [1.165, 1.54) is 41.2 Å². The van der Waals surface area contributed by atoms with Gasteiger partial charge in [0.1, 0.15) is 0 Å². The maximum Gasteiger partial charge on any atom is 0.275 e. The van der Waals surface area contributed by atoms with Gasteiger partial charge in [-0.05, 0) is 26.2 Å². The zero-order chi connectivity index (χ0) is 11.8. The van der Waals surface area contributed by atoms with Crippen molar-refractivity contribution in [3.05, 3.63) is 22.1 Å². The molecule has 0 bridgehead atoms. The summed E-state index contributed by atoms with van der Waals surface area (Å²) in [6.45, 7) is 3.91. The van der Waals surface area contributed by atoms with Crippen molar-refractivity contribution in [2.75, 3.05) is 18.0 Å². The molecular formula is C11H14N4OS. The fourth-order valence-corrected chi connectivity index (χ4v) is 3.13. The molecule has 0 aromatic carbocycles. The van der Waals surface area contributed by atoms with Crippen molar-refractivity contribution >= 4 is 21.4 Å². The summed E-state index contributed by atoms with van der Waals surface area (Å²) in [5.74, 6) is 0. The third kappa shape index (κ3) is 1.93. The topological polar surface area (TPSA) is 50.5 Å². The van der Waals surface area contributed by atoms with E-state index in [9.17, 15) is 4.79 Å². The van der Waals surface area contributed by atoms with Crippen LogP contribution in [-0.2, 0) is 0 Å². The molecule has 0 N–H and O–H groups in total. The van der Waals surface area contributed by atoms with Crippen molar-refractivity contribution in [3.63, 3.8) is 0 Å². The summed E-state index contributed by atoms with van der Waals surface area (Å²) in [6, 6.07) is 1.52. The van der Waals surface area contributed by atoms with E-state index in [4.69, 9.17) is 0 Å². The van der Waals surface area contributed by atoms with E-state index >= 15 is 0 Å². The quantitative estimate of drug-likeness (QED) is 0.768. The van der Waals surface area contributed by atoms with Crippen LogP contribution < -0.4 is 10.5 Å². The molecule has 0 aliphatic carbocycles. The second-order valence-electron chi connectivity index (χ2n) is 4.36. The summed E-state index contributed by atoms with van der Waals surface area (Å²) in [4.78, 5) is 19.0. The van der Waals surface area contributed by atoms with Gasteiger partial charge in [-0.15, -0.1) is 5.10 Å². The van der Waals surface area contributed by atoms with Gasteiger partial charge in [-0.25, -0.2) is 4.98 Å². The van der Waals surface area contributed by atoms with E-state index in [0.29, 0.717) is 4.96 Å². The molecule has 2 aromatic rings. The van der Waals surface area contributed by atoms with E-state index in [1.54, 1.807) is 0 Å². The first kappa shape index (κ1) is 10.7. The Balaban J connectivity index is 2.06. The van der Waals surface area contributed by atoms with Crippen LogP contribution in [0.3, 0.4) is 0 Å². The van der Waals surface area contributed by atoms with E-state index in [2.05, 4.69) is 15.0 Å². The molecule has 0 saturated carbocycles. The molecule has 0 atom stereocenters. The molecule has 3 heterocycles. The summed E-state index contributed by atoms with van der Waals surface area (Å²) < 4.78 is 1.40. The van der Waals surface area contributed by atoms with Gasteiger partial charge in [-0.2, -0.15) is 4.52 Å². The lowest BCUT2D eigenvalue weighted by atomic mass is 10.1. The highest BCUT2D eigenvalue weighted by molar-refractivity contribution is 7.20. The molecule has 1 aliphatic rings. The van der Waals surface area contributed by atoms with E-state index < -0.39 is 0 Å². The second-order valence-corrected chi connectivity index (χ2v) is 5.30. The van der Waals surface area contributed by atoms with Crippen LogP contribution in [0.1, 0.15) is 25.0 Å². The van der Waals surface area contributed by atoms with E-state index in [-0.39, 0.29) is 5.56 Å². The van der Waals surface area contributed by atoms with Gasteiger partial charge in [0, 0.05) is 24.8 Å². The highest BCUT2D eigenvalue weighted by Crippen LogP contribution is 2.24.